The highest BCUT2D eigenvalue weighted by Crippen LogP contribution is 2.36. The van der Waals surface area contributed by atoms with Crippen molar-refractivity contribution in [1.29, 1.82) is 0 Å². The van der Waals surface area contributed by atoms with Gasteiger partial charge in [-0.05, 0) is 58.8 Å². The van der Waals surface area contributed by atoms with Crippen LogP contribution < -0.4 is 5.32 Å². The molecule has 2 heteroatoms. The highest BCUT2D eigenvalue weighted by atomic mass is 32.1. The number of rotatable bonds is 5. The van der Waals surface area contributed by atoms with Crippen LogP contribution in [0.3, 0.4) is 0 Å². The Bertz CT molecular complexity index is 497. The van der Waals surface area contributed by atoms with Gasteiger partial charge in [-0.2, -0.15) is 11.3 Å². The maximum absolute atomic E-state index is 3.58. The minimum Gasteiger partial charge on any atom is -0.307 e. The zero-order valence-corrected chi connectivity index (χ0v) is 12.2. The Morgan fingerprint density at radius 2 is 1.95 bits per heavy atom. The normalized spacial score (nSPS) is 17.1. The fourth-order valence-electron chi connectivity index (χ4n) is 2.77. The van der Waals surface area contributed by atoms with Gasteiger partial charge in [-0.3, -0.25) is 0 Å². The summed E-state index contributed by atoms with van der Waals surface area (Å²) >= 11 is 1.77. The first-order chi connectivity index (χ1) is 9.38. The van der Waals surface area contributed by atoms with Crippen molar-refractivity contribution in [2.45, 2.75) is 38.1 Å². The molecule has 1 heterocycles. The molecule has 19 heavy (non-hydrogen) atoms. The van der Waals surface area contributed by atoms with Gasteiger partial charge in [-0.25, -0.2) is 0 Å². The van der Waals surface area contributed by atoms with Crippen LogP contribution in [0.2, 0.25) is 0 Å². The minimum atomic E-state index is 0.340. The van der Waals surface area contributed by atoms with Crippen LogP contribution in [0, 0.1) is 0 Å². The topological polar surface area (TPSA) is 12.0 Å². The Balaban J connectivity index is 1.81. The fourth-order valence-corrected chi connectivity index (χ4v) is 3.46. The summed E-state index contributed by atoms with van der Waals surface area (Å²) in [7, 11) is 0. The predicted molar refractivity (Wildman–Crippen MR) is 82.9 cm³/mol. The summed E-state index contributed by atoms with van der Waals surface area (Å²) in [6, 6.07) is 11.8. The van der Waals surface area contributed by atoms with E-state index in [2.05, 4.69) is 53.3 Å². The van der Waals surface area contributed by atoms with Gasteiger partial charge in [0.2, 0.25) is 0 Å². The summed E-state index contributed by atoms with van der Waals surface area (Å²) in [6.07, 6.45) is 4.16. The first kappa shape index (κ1) is 12.9. The van der Waals surface area contributed by atoms with Crippen LogP contribution in [-0.4, -0.2) is 6.54 Å². The molecule has 1 aliphatic carbocycles. The maximum atomic E-state index is 3.58. The molecule has 100 valence electrons. The predicted octanol–water partition coefficient (Wildman–Crippen LogP) is 4.71. The average Bonchev–Trinajstić information content (AvgIpc) is 2.89. The lowest BCUT2D eigenvalue weighted by Gasteiger charge is -2.26. The van der Waals surface area contributed by atoms with Gasteiger partial charge < -0.3 is 5.32 Å². The molecule has 0 amide bonds. The SMILES string of the molecule is CCNC(c1ccc(C2CCC2)cc1)c1ccsc1. The molecule has 0 aliphatic heterocycles. The van der Waals surface area contributed by atoms with Gasteiger partial charge in [0.05, 0.1) is 6.04 Å². The lowest BCUT2D eigenvalue weighted by atomic mass is 9.79. The summed E-state index contributed by atoms with van der Waals surface area (Å²) < 4.78 is 0. The van der Waals surface area contributed by atoms with Crippen molar-refractivity contribution in [3.05, 3.63) is 57.8 Å². The van der Waals surface area contributed by atoms with Gasteiger partial charge >= 0.3 is 0 Å². The Morgan fingerprint density at radius 1 is 1.16 bits per heavy atom. The van der Waals surface area contributed by atoms with Crippen molar-refractivity contribution in [2.24, 2.45) is 0 Å². The van der Waals surface area contributed by atoms with Crippen LogP contribution in [0.5, 0.6) is 0 Å². The number of hydrogen-bond acceptors (Lipinski definition) is 2. The van der Waals surface area contributed by atoms with Crippen molar-refractivity contribution >= 4 is 11.3 Å². The van der Waals surface area contributed by atoms with Crippen molar-refractivity contribution in [3.63, 3.8) is 0 Å². The van der Waals surface area contributed by atoms with Crippen LogP contribution in [0.1, 0.15) is 54.8 Å². The molecule has 1 atom stereocenters. The monoisotopic (exact) mass is 271 g/mol. The van der Waals surface area contributed by atoms with E-state index in [9.17, 15) is 0 Å². The third kappa shape index (κ3) is 2.75. The lowest BCUT2D eigenvalue weighted by Crippen LogP contribution is -2.21. The molecule has 1 fully saturated rings. The van der Waals surface area contributed by atoms with Crippen molar-refractivity contribution in [2.75, 3.05) is 6.54 Å². The summed E-state index contributed by atoms with van der Waals surface area (Å²) in [5, 5.41) is 7.98. The molecule has 2 aromatic rings. The average molecular weight is 271 g/mol. The molecule has 1 aromatic heterocycles. The lowest BCUT2D eigenvalue weighted by molar-refractivity contribution is 0.419. The van der Waals surface area contributed by atoms with Gasteiger partial charge in [-0.1, -0.05) is 37.6 Å². The van der Waals surface area contributed by atoms with E-state index in [1.54, 1.807) is 11.3 Å². The Labute approximate surface area is 119 Å². The van der Waals surface area contributed by atoms with E-state index in [1.807, 2.05) is 0 Å². The molecule has 0 radical (unpaired) electrons. The summed E-state index contributed by atoms with van der Waals surface area (Å²) in [5.41, 5.74) is 4.28. The molecule has 3 rings (SSSR count). The standard InChI is InChI=1S/C17H21NS/c1-2-18-17(16-10-11-19-12-16)15-8-6-14(7-9-15)13-4-3-5-13/h6-13,17-18H,2-5H2,1H3. The summed E-state index contributed by atoms with van der Waals surface area (Å²) in [4.78, 5) is 0. The third-order valence-corrected chi connectivity index (χ3v) is 4.83. The maximum Gasteiger partial charge on any atom is 0.0584 e. The highest BCUT2D eigenvalue weighted by molar-refractivity contribution is 7.08. The third-order valence-electron chi connectivity index (χ3n) is 4.13. The van der Waals surface area contributed by atoms with E-state index in [0.29, 0.717) is 6.04 Å². The van der Waals surface area contributed by atoms with Crippen molar-refractivity contribution in [3.8, 4) is 0 Å². The van der Waals surface area contributed by atoms with Crippen LogP contribution in [-0.2, 0) is 0 Å². The number of thiophene rings is 1. The first-order valence-corrected chi connectivity index (χ1v) is 8.18. The van der Waals surface area contributed by atoms with E-state index in [1.165, 1.54) is 36.0 Å². The summed E-state index contributed by atoms with van der Waals surface area (Å²) in [6.45, 7) is 3.16. The Hall–Kier alpha value is -1.12. The van der Waals surface area contributed by atoms with E-state index in [4.69, 9.17) is 0 Å². The van der Waals surface area contributed by atoms with Crippen LogP contribution >= 0.6 is 11.3 Å². The van der Waals surface area contributed by atoms with E-state index < -0.39 is 0 Å². The van der Waals surface area contributed by atoms with E-state index in [0.717, 1.165) is 12.5 Å². The smallest absolute Gasteiger partial charge is 0.0584 e. The molecule has 1 aliphatic rings. The van der Waals surface area contributed by atoms with Crippen LogP contribution in [0.4, 0.5) is 0 Å². The van der Waals surface area contributed by atoms with E-state index >= 15 is 0 Å². The molecular weight excluding hydrogens is 250 g/mol. The molecule has 0 saturated heterocycles. The van der Waals surface area contributed by atoms with Gasteiger partial charge in [0, 0.05) is 0 Å². The molecule has 0 spiro atoms. The molecule has 1 saturated carbocycles. The molecule has 0 bridgehead atoms. The number of hydrogen-bond donors (Lipinski definition) is 1. The molecule has 1 nitrogen and oxygen atoms in total. The van der Waals surface area contributed by atoms with Gasteiger partial charge in [-0.15, -0.1) is 0 Å². The molecule has 1 unspecified atom stereocenters. The largest absolute Gasteiger partial charge is 0.307 e. The molecule has 1 aromatic carbocycles. The zero-order chi connectivity index (χ0) is 13.1. The highest BCUT2D eigenvalue weighted by Gasteiger charge is 2.20. The minimum absolute atomic E-state index is 0.340. The van der Waals surface area contributed by atoms with Gasteiger partial charge in [0.1, 0.15) is 0 Å². The zero-order valence-electron chi connectivity index (χ0n) is 11.4. The Morgan fingerprint density at radius 3 is 2.47 bits per heavy atom. The second-order valence-corrected chi connectivity index (χ2v) is 6.12. The fraction of sp³-hybridized carbons (Fsp3) is 0.412. The first-order valence-electron chi connectivity index (χ1n) is 7.24. The second-order valence-electron chi connectivity index (χ2n) is 5.34. The quantitative estimate of drug-likeness (QED) is 0.830. The summed E-state index contributed by atoms with van der Waals surface area (Å²) in [5.74, 6) is 0.827. The molecular formula is C17H21NS. The van der Waals surface area contributed by atoms with Crippen LogP contribution in [0.25, 0.3) is 0 Å². The molecule has 1 N–H and O–H groups in total. The number of nitrogens with one attached hydrogen (secondary N) is 1. The van der Waals surface area contributed by atoms with E-state index in [-0.39, 0.29) is 0 Å². The Kier molecular flexibility index (Phi) is 4.00. The van der Waals surface area contributed by atoms with Crippen LogP contribution in [0.15, 0.2) is 41.1 Å². The second kappa shape index (κ2) is 5.89. The van der Waals surface area contributed by atoms with Crippen molar-refractivity contribution in [1.82, 2.24) is 5.32 Å². The van der Waals surface area contributed by atoms with Crippen molar-refractivity contribution < 1.29 is 0 Å². The number of benzene rings is 1. The van der Waals surface area contributed by atoms with Gasteiger partial charge in [0.25, 0.3) is 0 Å². The van der Waals surface area contributed by atoms with Gasteiger partial charge in [0.15, 0.2) is 0 Å².